The summed E-state index contributed by atoms with van der Waals surface area (Å²) in [7, 11) is 0. The molecule has 0 saturated heterocycles. The summed E-state index contributed by atoms with van der Waals surface area (Å²) in [6.45, 7) is 14.2. The Labute approximate surface area is 328 Å². The topological polar surface area (TPSA) is 0 Å². The normalized spacial score (nSPS) is 14.2. The van der Waals surface area contributed by atoms with Crippen LogP contribution in [0.25, 0.3) is 33.4 Å². The minimum absolute atomic E-state index is 0.0456. The van der Waals surface area contributed by atoms with Crippen LogP contribution in [0.1, 0.15) is 75.8 Å². The predicted molar refractivity (Wildman–Crippen MR) is 233 cm³/mol. The molecule has 0 radical (unpaired) electrons. The van der Waals surface area contributed by atoms with E-state index in [4.69, 9.17) is 15.8 Å². The van der Waals surface area contributed by atoms with Crippen molar-refractivity contribution in [2.45, 2.75) is 69.3 Å². The van der Waals surface area contributed by atoms with Crippen LogP contribution in [0.2, 0.25) is 5.02 Å². The third-order valence-electron chi connectivity index (χ3n) is 12.2. The Kier molecular flexibility index (Phi) is 9.23. The molecular weight excluding hydrogens is 751 g/mol. The van der Waals surface area contributed by atoms with E-state index < -0.39 is 18.3 Å². The Morgan fingerprint density at radius 3 is 1.78 bits per heavy atom. The summed E-state index contributed by atoms with van der Waals surface area (Å²) in [5.41, 5.74) is 14.8. The summed E-state index contributed by atoms with van der Waals surface area (Å²) in [5.74, 6) is 0. The van der Waals surface area contributed by atoms with Gasteiger partial charge in [0.05, 0.1) is 0 Å². The molecule has 0 aromatic heterocycles. The van der Waals surface area contributed by atoms with E-state index in [1.54, 1.807) is 0 Å². The van der Waals surface area contributed by atoms with Gasteiger partial charge in [0.15, 0.2) is 0 Å². The van der Waals surface area contributed by atoms with E-state index in [0.29, 0.717) is 0 Å². The van der Waals surface area contributed by atoms with E-state index in [0.717, 1.165) is 22.0 Å². The van der Waals surface area contributed by atoms with Gasteiger partial charge >= 0.3 is 331 Å². The van der Waals surface area contributed by atoms with Gasteiger partial charge in [0.2, 0.25) is 0 Å². The molecule has 2 heteroatoms. The van der Waals surface area contributed by atoms with E-state index in [2.05, 4.69) is 193 Å². The zero-order chi connectivity index (χ0) is 37.9. The molecule has 2 aliphatic rings. The SMILES string of the molecule is [CH2]=[Zr]([CH2]c1ccccc1)([C]1=CC=CC1)([c]1ccc(Cl)cc1)[c]1c2c(cc(C(C)(C)C)c1-c1ccccc1)-c1cc(C(C)(C)C)c(-c3ccccc3)cc1C2. The molecule has 0 unspecified atom stereocenters. The molecule has 0 aliphatic heterocycles. The summed E-state index contributed by atoms with van der Waals surface area (Å²) in [6.07, 6.45) is 8.85. The third-order valence-corrected chi connectivity index (χ3v) is 28.7. The summed E-state index contributed by atoms with van der Waals surface area (Å²) >= 11 is 1.73. The van der Waals surface area contributed by atoms with Crippen LogP contribution in [-0.4, -0.2) is 4.21 Å². The number of fused-ring (bicyclic) bond motifs is 3. The predicted octanol–water partition coefficient (Wildman–Crippen LogP) is 13.0. The summed E-state index contributed by atoms with van der Waals surface area (Å²) in [6, 6.07) is 49.9. The van der Waals surface area contributed by atoms with Crippen molar-refractivity contribution >= 4 is 22.4 Å². The molecule has 0 amide bonds. The third kappa shape index (κ3) is 6.13. The van der Waals surface area contributed by atoms with Gasteiger partial charge in [-0.1, -0.05) is 0 Å². The van der Waals surface area contributed by atoms with Crippen LogP contribution in [0.4, 0.5) is 0 Å². The van der Waals surface area contributed by atoms with Gasteiger partial charge in [-0.3, -0.25) is 0 Å². The Balaban J connectivity index is 1.58. The summed E-state index contributed by atoms with van der Waals surface area (Å²) in [5, 5.41) is 0.758. The molecule has 0 heterocycles. The first kappa shape index (κ1) is 36.8. The number of benzene rings is 6. The van der Waals surface area contributed by atoms with Crippen molar-refractivity contribution < 1.29 is 18.3 Å². The van der Waals surface area contributed by atoms with Crippen LogP contribution < -0.4 is 6.54 Å². The van der Waals surface area contributed by atoms with Crippen molar-refractivity contribution in [3.8, 4) is 33.4 Å². The molecular formula is C52H51ClZr. The van der Waals surface area contributed by atoms with Crippen molar-refractivity contribution in [2.24, 2.45) is 0 Å². The number of allylic oxidation sites excluding steroid dienone is 4. The molecule has 0 spiro atoms. The van der Waals surface area contributed by atoms with Crippen molar-refractivity contribution in [1.29, 1.82) is 0 Å². The first-order valence-electron chi connectivity index (χ1n) is 19.5. The van der Waals surface area contributed by atoms with Crippen LogP contribution in [0.15, 0.2) is 155 Å². The number of halogens is 1. The molecule has 54 heavy (non-hydrogen) atoms. The zero-order valence-corrected chi connectivity index (χ0v) is 35.9. The van der Waals surface area contributed by atoms with Crippen LogP contribution in [0.3, 0.4) is 0 Å². The molecule has 0 N–H and O–H groups in total. The van der Waals surface area contributed by atoms with E-state index in [-0.39, 0.29) is 10.8 Å². The molecule has 2 aliphatic carbocycles. The van der Waals surface area contributed by atoms with Crippen LogP contribution in [-0.2, 0) is 39.7 Å². The zero-order valence-electron chi connectivity index (χ0n) is 32.6. The molecule has 0 atom stereocenters. The molecule has 0 bridgehead atoms. The molecule has 6 aromatic carbocycles. The van der Waals surface area contributed by atoms with Gasteiger partial charge in [0.25, 0.3) is 0 Å². The molecule has 0 saturated carbocycles. The maximum atomic E-state index is 6.73. The van der Waals surface area contributed by atoms with Crippen LogP contribution in [0.5, 0.6) is 0 Å². The fraction of sp³-hybridized carbons (Fsp3) is 0.212. The fourth-order valence-corrected chi connectivity index (χ4v) is 26.1. The van der Waals surface area contributed by atoms with E-state index in [9.17, 15) is 0 Å². The van der Waals surface area contributed by atoms with Crippen molar-refractivity contribution in [3.63, 3.8) is 0 Å². The Bertz CT molecular complexity index is 2510. The van der Waals surface area contributed by atoms with Crippen LogP contribution in [0, 0.1) is 0 Å². The fourth-order valence-electron chi connectivity index (χ4n) is 9.61. The molecule has 0 fully saturated rings. The van der Waals surface area contributed by atoms with Crippen molar-refractivity contribution in [1.82, 2.24) is 0 Å². The summed E-state index contributed by atoms with van der Waals surface area (Å²) < 4.78 is 11.2. The molecule has 270 valence electrons. The average Bonchev–Trinajstić information content (AvgIpc) is 3.84. The first-order valence-corrected chi connectivity index (χ1v) is 27.0. The quantitative estimate of drug-likeness (QED) is 0.151. The molecule has 8 rings (SSSR count). The van der Waals surface area contributed by atoms with Gasteiger partial charge in [0, 0.05) is 0 Å². The second-order valence-corrected chi connectivity index (χ2v) is 31.7. The Hall–Kier alpha value is -4.16. The van der Waals surface area contributed by atoms with Crippen molar-refractivity contribution in [2.75, 3.05) is 0 Å². The standard InChI is InChI=1S/C33H33.C7H7.C6H4Cl.C5H5.CH2.Zr/c1-32(2,3)30-20-26-24(18-28(30)22-13-9-7-10-14-22)17-25-19-29(23-15-11-8-12-16-23)31(21-27(25)26)33(4,5)6;1-7-5-3-2-4-6-7;7-6-4-2-1-3-5-6;1-2-4-5-3-1;;/h7-16,18,20-21H,17H2,1-6H3;2-6H,1H2;2-5H;1-3H,4H2;1H2;. The maximum absolute atomic E-state index is 6.73. The first-order chi connectivity index (χ1) is 25.8. The van der Waals surface area contributed by atoms with E-state index >= 15 is 0 Å². The Morgan fingerprint density at radius 2 is 1.20 bits per heavy atom. The number of hydrogen-bond donors (Lipinski definition) is 0. The monoisotopic (exact) mass is 800 g/mol. The molecule has 6 aromatic rings. The number of rotatable bonds is 7. The van der Waals surface area contributed by atoms with E-state index in [1.807, 2.05) is 0 Å². The van der Waals surface area contributed by atoms with Gasteiger partial charge in [-0.05, 0) is 0 Å². The van der Waals surface area contributed by atoms with Gasteiger partial charge in [0.1, 0.15) is 0 Å². The molecule has 0 nitrogen and oxygen atoms in total. The summed E-state index contributed by atoms with van der Waals surface area (Å²) in [4.78, 5) is 0. The van der Waals surface area contributed by atoms with Gasteiger partial charge in [-0.2, -0.15) is 0 Å². The second kappa shape index (κ2) is 13.5. The van der Waals surface area contributed by atoms with Gasteiger partial charge < -0.3 is 0 Å². The Morgan fingerprint density at radius 1 is 0.630 bits per heavy atom. The minimum atomic E-state index is -5.01. The van der Waals surface area contributed by atoms with Gasteiger partial charge in [-0.25, -0.2) is 0 Å². The van der Waals surface area contributed by atoms with Crippen molar-refractivity contribution in [3.05, 3.63) is 188 Å². The van der Waals surface area contributed by atoms with Gasteiger partial charge in [-0.15, -0.1) is 0 Å². The van der Waals surface area contributed by atoms with Crippen LogP contribution >= 0.6 is 11.6 Å². The average molecular weight is 803 g/mol. The van der Waals surface area contributed by atoms with E-state index in [1.165, 1.54) is 71.0 Å². The number of hydrogen-bond acceptors (Lipinski definition) is 0. The second-order valence-electron chi connectivity index (χ2n) is 17.8.